The van der Waals surface area contributed by atoms with E-state index in [1.54, 1.807) is 32.4 Å². The minimum absolute atomic E-state index is 0.0130. The summed E-state index contributed by atoms with van der Waals surface area (Å²) in [4.78, 5) is 25.3. The number of amides is 1. The zero-order valence-corrected chi connectivity index (χ0v) is 21.1. The van der Waals surface area contributed by atoms with Gasteiger partial charge in [0.2, 0.25) is 0 Å². The van der Waals surface area contributed by atoms with Crippen LogP contribution in [0.2, 0.25) is 0 Å². The molecule has 0 radical (unpaired) electrons. The minimum Gasteiger partial charge on any atom is -0.408 e. The smallest absolute Gasteiger partial charge is 0.408 e. The average Bonchev–Trinajstić information content (AvgIpc) is 3.35. The molecule has 0 saturated carbocycles. The molecule has 1 amide bonds. The van der Waals surface area contributed by atoms with Crippen molar-refractivity contribution < 1.29 is 23.1 Å². The fourth-order valence-corrected chi connectivity index (χ4v) is 5.41. The number of carbonyl (C=O) groups is 1. The van der Waals surface area contributed by atoms with Crippen LogP contribution in [0, 0.1) is 17.1 Å². The first-order chi connectivity index (χ1) is 17.9. The van der Waals surface area contributed by atoms with Crippen LogP contribution >= 0.6 is 11.3 Å². The first-order valence-electron chi connectivity index (χ1n) is 11.7. The highest BCUT2D eigenvalue weighted by molar-refractivity contribution is 7.22. The highest BCUT2D eigenvalue weighted by Gasteiger charge is 2.27. The van der Waals surface area contributed by atoms with Crippen LogP contribution in [0.15, 0.2) is 45.6 Å². The number of aryl methyl sites for hydroxylation is 1. The van der Waals surface area contributed by atoms with E-state index in [-0.39, 0.29) is 19.1 Å². The van der Waals surface area contributed by atoms with Gasteiger partial charge in [0.05, 0.1) is 24.3 Å². The maximum absolute atomic E-state index is 15.5. The van der Waals surface area contributed by atoms with Gasteiger partial charge < -0.3 is 24.5 Å². The van der Waals surface area contributed by atoms with Crippen LogP contribution in [-0.4, -0.2) is 55.5 Å². The normalized spacial score (nSPS) is 19.0. The van der Waals surface area contributed by atoms with Crippen LogP contribution in [0.1, 0.15) is 5.56 Å². The van der Waals surface area contributed by atoms with Gasteiger partial charge in [0.1, 0.15) is 18.0 Å². The minimum atomic E-state index is -0.924. The number of fused-ring (bicyclic) bond motifs is 2. The molecule has 2 N–H and O–H groups in total. The SMILES string of the molecule is COC1CNCC(C(=O)NC(C#N)Cc2ccc3sc(-c4ccc5oc(=O)n(C)c5c4)cc3c2F)OC1. The van der Waals surface area contributed by atoms with Crippen LogP contribution in [-0.2, 0) is 27.7 Å². The second kappa shape index (κ2) is 10.4. The van der Waals surface area contributed by atoms with Crippen molar-refractivity contribution in [2.24, 2.45) is 7.05 Å². The summed E-state index contributed by atoms with van der Waals surface area (Å²) < 4.78 is 33.8. The fraction of sp³-hybridized carbons (Fsp3) is 0.346. The van der Waals surface area contributed by atoms with Gasteiger partial charge in [0.25, 0.3) is 5.91 Å². The predicted octanol–water partition coefficient (Wildman–Crippen LogP) is 2.71. The number of ether oxygens (including phenoxy) is 2. The lowest BCUT2D eigenvalue weighted by Gasteiger charge is -2.18. The molecule has 11 heteroatoms. The van der Waals surface area contributed by atoms with Gasteiger partial charge in [0, 0.05) is 48.6 Å². The molecular formula is C26H25FN4O5S. The lowest BCUT2D eigenvalue weighted by molar-refractivity contribution is -0.133. The van der Waals surface area contributed by atoms with Crippen molar-refractivity contribution in [2.75, 3.05) is 26.8 Å². The predicted molar refractivity (Wildman–Crippen MR) is 137 cm³/mol. The van der Waals surface area contributed by atoms with Gasteiger partial charge in [-0.25, -0.2) is 9.18 Å². The van der Waals surface area contributed by atoms with E-state index >= 15 is 4.39 Å². The Bertz CT molecular complexity index is 1570. The van der Waals surface area contributed by atoms with Gasteiger partial charge in [0.15, 0.2) is 5.58 Å². The van der Waals surface area contributed by atoms with Gasteiger partial charge >= 0.3 is 5.76 Å². The Morgan fingerprint density at radius 3 is 2.97 bits per heavy atom. The van der Waals surface area contributed by atoms with Crippen LogP contribution in [0.5, 0.6) is 0 Å². The molecule has 5 rings (SSSR count). The average molecular weight is 525 g/mol. The summed E-state index contributed by atoms with van der Waals surface area (Å²) in [6.07, 6.45) is -0.914. The molecule has 192 valence electrons. The topological polar surface area (TPSA) is 119 Å². The van der Waals surface area contributed by atoms with E-state index in [9.17, 15) is 14.9 Å². The van der Waals surface area contributed by atoms with E-state index in [1.807, 2.05) is 18.2 Å². The monoisotopic (exact) mass is 524 g/mol. The molecule has 0 bridgehead atoms. The van der Waals surface area contributed by atoms with Gasteiger partial charge in [-0.05, 0) is 41.5 Å². The number of aromatic nitrogens is 1. The number of hydrogen-bond donors (Lipinski definition) is 2. The van der Waals surface area contributed by atoms with Gasteiger partial charge in [-0.3, -0.25) is 9.36 Å². The van der Waals surface area contributed by atoms with Gasteiger partial charge in [-0.1, -0.05) is 6.07 Å². The molecule has 9 nitrogen and oxygen atoms in total. The first kappa shape index (κ1) is 25.1. The number of benzene rings is 2. The Balaban J connectivity index is 1.34. The van der Waals surface area contributed by atoms with E-state index in [1.165, 1.54) is 15.9 Å². The van der Waals surface area contributed by atoms with Crippen LogP contribution in [0.4, 0.5) is 4.39 Å². The molecule has 4 aromatic rings. The van der Waals surface area contributed by atoms with Crippen LogP contribution in [0.3, 0.4) is 0 Å². The number of nitrogens with one attached hydrogen (secondary N) is 2. The van der Waals surface area contributed by atoms with E-state index in [0.29, 0.717) is 35.1 Å². The largest absolute Gasteiger partial charge is 0.419 e. The number of hydrogen-bond acceptors (Lipinski definition) is 8. The molecule has 1 aliphatic heterocycles. The molecule has 0 spiro atoms. The van der Waals surface area contributed by atoms with Crippen molar-refractivity contribution in [3.05, 3.63) is 58.3 Å². The van der Waals surface area contributed by atoms with Crippen molar-refractivity contribution in [1.82, 2.24) is 15.2 Å². The van der Waals surface area contributed by atoms with Crippen molar-refractivity contribution >= 4 is 38.4 Å². The van der Waals surface area contributed by atoms with Crippen molar-refractivity contribution in [3.63, 3.8) is 0 Å². The third-order valence-electron chi connectivity index (χ3n) is 6.50. The maximum Gasteiger partial charge on any atom is 0.419 e. The number of halogens is 1. The molecule has 2 aromatic carbocycles. The number of carbonyl (C=O) groups excluding carboxylic acids is 1. The Hall–Kier alpha value is -3.56. The number of thiophene rings is 1. The van der Waals surface area contributed by atoms with E-state index in [2.05, 4.69) is 16.7 Å². The number of oxazole rings is 1. The van der Waals surface area contributed by atoms with Crippen LogP contribution < -0.4 is 16.4 Å². The molecule has 3 heterocycles. The molecule has 1 fully saturated rings. The highest BCUT2D eigenvalue weighted by Crippen LogP contribution is 2.37. The number of nitriles is 1. The maximum atomic E-state index is 15.5. The molecule has 37 heavy (non-hydrogen) atoms. The number of rotatable bonds is 6. The molecule has 0 aliphatic carbocycles. The Labute approximate surface area is 215 Å². The van der Waals surface area contributed by atoms with Gasteiger partial charge in [-0.15, -0.1) is 11.3 Å². The summed E-state index contributed by atoms with van der Waals surface area (Å²) in [6.45, 7) is 1.11. The molecule has 1 saturated heterocycles. The summed E-state index contributed by atoms with van der Waals surface area (Å²) in [5, 5.41) is 15.9. The first-order valence-corrected chi connectivity index (χ1v) is 12.6. The second-order valence-corrected chi connectivity index (χ2v) is 9.99. The zero-order chi connectivity index (χ0) is 26.1. The number of methoxy groups -OCH3 is 1. The molecular weight excluding hydrogens is 499 g/mol. The fourth-order valence-electron chi connectivity index (χ4n) is 4.35. The lowest BCUT2D eigenvalue weighted by atomic mass is 10.0. The third-order valence-corrected chi connectivity index (χ3v) is 7.65. The molecule has 1 aliphatic rings. The van der Waals surface area contributed by atoms with Gasteiger partial charge in [-0.2, -0.15) is 5.26 Å². The summed E-state index contributed by atoms with van der Waals surface area (Å²) in [5.41, 5.74) is 2.30. The Morgan fingerprint density at radius 2 is 2.19 bits per heavy atom. The van der Waals surface area contributed by atoms with Crippen molar-refractivity contribution in [1.29, 1.82) is 5.26 Å². The van der Waals surface area contributed by atoms with Crippen LogP contribution in [0.25, 0.3) is 31.6 Å². The van der Waals surface area contributed by atoms with E-state index < -0.39 is 29.6 Å². The highest BCUT2D eigenvalue weighted by atomic mass is 32.1. The standard InChI is InChI=1S/C26H25FN4O5S/c1-31-19-8-14(3-5-20(19)36-26(31)33)23-9-18-22(37-23)6-4-15(24(18)27)7-16(10-28)30-25(32)21-12-29-11-17(34-2)13-35-21/h3-6,8-9,16-17,21,29H,7,11-13H2,1-2H3,(H,30,32). The zero-order valence-electron chi connectivity index (χ0n) is 20.2. The second-order valence-electron chi connectivity index (χ2n) is 8.90. The molecule has 2 aromatic heterocycles. The quantitative estimate of drug-likeness (QED) is 0.398. The van der Waals surface area contributed by atoms with Crippen molar-refractivity contribution in [3.8, 4) is 16.5 Å². The summed E-state index contributed by atoms with van der Waals surface area (Å²) >= 11 is 1.43. The lowest BCUT2D eigenvalue weighted by Crippen LogP contribution is -2.46. The Morgan fingerprint density at radius 1 is 1.35 bits per heavy atom. The van der Waals surface area contributed by atoms with E-state index in [4.69, 9.17) is 13.9 Å². The number of nitrogens with zero attached hydrogens (tertiary/aromatic N) is 2. The van der Waals surface area contributed by atoms with Crippen molar-refractivity contribution in [2.45, 2.75) is 24.7 Å². The van der Waals surface area contributed by atoms with E-state index in [0.717, 1.165) is 15.1 Å². The molecule has 3 atom stereocenters. The summed E-state index contributed by atoms with van der Waals surface area (Å²) in [6, 6.07) is 11.7. The summed E-state index contributed by atoms with van der Waals surface area (Å²) in [7, 11) is 3.21. The third kappa shape index (κ3) is 5.01. The summed E-state index contributed by atoms with van der Waals surface area (Å²) in [5.74, 6) is -1.31. The molecule has 3 unspecified atom stereocenters. The Kier molecular flexibility index (Phi) is 7.08.